The maximum Gasteiger partial charge on any atom is 0.0379 e. The summed E-state index contributed by atoms with van der Waals surface area (Å²) in [6, 6.07) is 15.7. The summed E-state index contributed by atoms with van der Waals surface area (Å²) in [7, 11) is 0. The molecule has 0 aliphatic carbocycles. The minimum absolute atomic E-state index is 1.08. The SMILES string of the molecule is CCCc1ccc(-c2ccc3c(c2)NCC3)cc1. The van der Waals surface area contributed by atoms with Crippen molar-refractivity contribution in [3.05, 3.63) is 53.6 Å². The molecule has 0 spiro atoms. The summed E-state index contributed by atoms with van der Waals surface area (Å²) in [5, 5.41) is 3.44. The van der Waals surface area contributed by atoms with Crippen LogP contribution in [0.15, 0.2) is 42.5 Å². The molecule has 0 saturated heterocycles. The summed E-state index contributed by atoms with van der Waals surface area (Å²) in [4.78, 5) is 0. The van der Waals surface area contributed by atoms with Gasteiger partial charge in [-0.2, -0.15) is 0 Å². The first kappa shape index (κ1) is 11.3. The van der Waals surface area contributed by atoms with Crippen LogP contribution in [0.5, 0.6) is 0 Å². The monoisotopic (exact) mass is 237 g/mol. The Morgan fingerprint density at radius 3 is 2.56 bits per heavy atom. The Hall–Kier alpha value is -1.76. The number of aryl methyl sites for hydroxylation is 1. The van der Waals surface area contributed by atoms with Gasteiger partial charge in [0.2, 0.25) is 0 Å². The Labute approximate surface area is 109 Å². The highest BCUT2D eigenvalue weighted by Gasteiger charge is 2.10. The molecule has 0 bridgehead atoms. The Balaban J connectivity index is 1.90. The summed E-state index contributed by atoms with van der Waals surface area (Å²) < 4.78 is 0. The lowest BCUT2D eigenvalue weighted by molar-refractivity contribution is 0.922. The predicted octanol–water partition coefficient (Wildman–Crippen LogP) is 4.27. The maximum absolute atomic E-state index is 3.44. The van der Waals surface area contributed by atoms with Crippen molar-refractivity contribution in [1.29, 1.82) is 0 Å². The van der Waals surface area contributed by atoms with Crippen LogP contribution < -0.4 is 5.32 Å². The molecule has 1 heteroatoms. The number of fused-ring (bicyclic) bond motifs is 1. The molecular weight excluding hydrogens is 218 g/mol. The van der Waals surface area contributed by atoms with Crippen molar-refractivity contribution < 1.29 is 0 Å². The molecule has 18 heavy (non-hydrogen) atoms. The average Bonchev–Trinajstić information content (AvgIpc) is 2.87. The fourth-order valence-electron chi connectivity index (χ4n) is 2.62. The molecule has 92 valence electrons. The second-order valence-electron chi connectivity index (χ2n) is 5.00. The van der Waals surface area contributed by atoms with E-state index < -0.39 is 0 Å². The van der Waals surface area contributed by atoms with E-state index in [1.54, 1.807) is 0 Å². The van der Waals surface area contributed by atoms with Gasteiger partial charge in [-0.25, -0.2) is 0 Å². The molecule has 0 saturated carbocycles. The molecule has 1 aliphatic rings. The second kappa shape index (κ2) is 4.85. The third-order valence-corrected chi connectivity index (χ3v) is 3.65. The number of nitrogens with one attached hydrogen (secondary N) is 1. The van der Waals surface area contributed by atoms with E-state index in [-0.39, 0.29) is 0 Å². The zero-order valence-electron chi connectivity index (χ0n) is 10.9. The Morgan fingerprint density at radius 2 is 1.78 bits per heavy atom. The van der Waals surface area contributed by atoms with Crippen molar-refractivity contribution in [2.24, 2.45) is 0 Å². The van der Waals surface area contributed by atoms with Crippen molar-refractivity contribution in [3.8, 4) is 11.1 Å². The summed E-state index contributed by atoms with van der Waals surface area (Å²) in [6.45, 7) is 3.30. The van der Waals surface area contributed by atoms with Gasteiger partial charge >= 0.3 is 0 Å². The summed E-state index contributed by atoms with van der Waals surface area (Å²) in [5.41, 5.74) is 6.81. The van der Waals surface area contributed by atoms with Crippen LogP contribution in [0.3, 0.4) is 0 Å². The number of hydrogen-bond acceptors (Lipinski definition) is 1. The van der Waals surface area contributed by atoms with Crippen LogP contribution >= 0.6 is 0 Å². The van der Waals surface area contributed by atoms with Crippen LogP contribution in [-0.2, 0) is 12.8 Å². The summed E-state index contributed by atoms with van der Waals surface area (Å²) in [5.74, 6) is 0. The normalized spacial score (nSPS) is 13.2. The molecule has 0 amide bonds. The average molecular weight is 237 g/mol. The Bertz CT molecular complexity index is 540. The van der Waals surface area contributed by atoms with Gasteiger partial charge in [0.25, 0.3) is 0 Å². The minimum Gasteiger partial charge on any atom is -0.384 e. The van der Waals surface area contributed by atoms with Gasteiger partial charge in [-0.3, -0.25) is 0 Å². The zero-order valence-corrected chi connectivity index (χ0v) is 10.9. The van der Waals surface area contributed by atoms with Crippen molar-refractivity contribution in [2.45, 2.75) is 26.2 Å². The lowest BCUT2D eigenvalue weighted by Gasteiger charge is -2.06. The quantitative estimate of drug-likeness (QED) is 0.840. The minimum atomic E-state index is 1.08. The van der Waals surface area contributed by atoms with Gasteiger partial charge in [0.15, 0.2) is 0 Å². The predicted molar refractivity (Wildman–Crippen MR) is 78.1 cm³/mol. The van der Waals surface area contributed by atoms with E-state index in [1.807, 2.05) is 0 Å². The molecule has 2 aromatic rings. The Morgan fingerprint density at radius 1 is 1.00 bits per heavy atom. The van der Waals surface area contributed by atoms with Crippen LogP contribution in [0.1, 0.15) is 24.5 Å². The molecule has 2 aromatic carbocycles. The molecule has 1 N–H and O–H groups in total. The van der Waals surface area contributed by atoms with Gasteiger partial charge in [0.1, 0.15) is 0 Å². The molecule has 0 radical (unpaired) electrons. The number of hydrogen-bond donors (Lipinski definition) is 1. The third kappa shape index (κ3) is 2.13. The van der Waals surface area contributed by atoms with Gasteiger partial charge in [-0.1, -0.05) is 49.7 Å². The third-order valence-electron chi connectivity index (χ3n) is 3.65. The van der Waals surface area contributed by atoms with Gasteiger partial charge in [-0.15, -0.1) is 0 Å². The van der Waals surface area contributed by atoms with E-state index in [0.29, 0.717) is 0 Å². The molecule has 1 aliphatic heterocycles. The molecule has 0 unspecified atom stereocenters. The van der Waals surface area contributed by atoms with Crippen molar-refractivity contribution in [1.82, 2.24) is 0 Å². The smallest absolute Gasteiger partial charge is 0.0379 e. The number of rotatable bonds is 3. The molecule has 1 heterocycles. The zero-order chi connectivity index (χ0) is 12.4. The fraction of sp³-hybridized carbons (Fsp3) is 0.294. The van der Waals surface area contributed by atoms with Crippen LogP contribution in [-0.4, -0.2) is 6.54 Å². The van der Waals surface area contributed by atoms with Crippen molar-refractivity contribution >= 4 is 5.69 Å². The van der Waals surface area contributed by atoms with Crippen LogP contribution in [0.2, 0.25) is 0 Å². The molecule has 0 atom stereocenters. The standard InChI is InChI=1S/C17H19N/c1-2-3-13-4-6-14(7-5-13)16-9-8-15-10-11-18-17(15)12-16/h4-9,12,18H,2-3,10-11H2,1H3. The van der Waals surface area contributed by atoms with Crippen LogP contribution in [0.4, 0.5) is 5.69 Å². The van der Waals surface area contributed by atoms with Gasteiger partial charge in [0.05, 0.1) is 0 Å². The lowest BCUT2D eigenvalue weighted by Crippen LogP contribution is -1.91. The maximum atomic E-state index is 3.44. The molecule has 3 rings (SSSR count). The van der Waals surface area contributed by atoms with Gasteiger partial charge < -0.3 is 5.32 Å². The molecular formula is C17H19N. The van der Waals surface area contributed by atoms with E-state index in [2.05, 4.69) is 54.7 Å². The topological polar surface area (TPSA) is 12.0 Å². The lowest BCUT2D eigenvalue weighted by atomic mass is 10.0. The van der Waals surface area contributed by atoms with E-state index >= 15 is 0 Å². The first-order valence-corrected chi connectivity index (χ1v) is 6.83. The highest BCUT2D eigenvalue weighted by molar-refractivity contribution is 5.71. The van der Waals surface area contributed by atoms with Crippen molar-refractivity contribution in [2.75, 3.05) is 11.9 Å². The summed E-state index contributed by atoms with van der Waals surface area (Å²) in [6.07, 6.45) is 3.54. The van der Waals surface area contributed by atoms with Crippen LogP contribution in [0.25, 0.3) is 11.1 Å². The largest absolute Gasteiger partial charge is 0.384 e. The first-order chi connectivity index (χ1) is 8.86. The van der Waals surface area contributed by atoms with E-state index in [0.717, 1.165) is 13.0 Å². The number of benzene rings is 2. The number of anilines is 1. The molecule has 1 nitrogen and oxygen atoms in total. The van der Waals surface area contributed by atoms with Crippen molar-refractivity contribution in [3.63, 3.8) is 0 Å². The molecule has 0 fully saturated rings. The van der Waals surface area contributed by atoms with E-state index in [9.17, 15) is 0 Å². The van der Waals surface area contributed by atoms with E-state index in [4.69, 9.17) is 0 Å². The molecule has 0 aromatic heterocycles. The fourth-order valence-corrected chi connectivity index (χ4v) is 2.62. The first-order valence-electron chi connectivity index (χ1n) is 6.83. The van der Waals surface area contributed by atoms with Gasteiger partial charge in [-0.05, 0) is 41.2 Å². The van der Waals surface area contributed by atoms with Crippen LogP contribution in [0, 0.1) is 0 Å². The summed E-state index contributed by atoms with van der Waals surface area (Å²) >= 11 is 0. The highest BCUT2D eigenvalue weighted by Crippen LogP contribution is 2.29. The Kier molecular flexibility index (Phi) is 3.06. The van der Waals surface area contributed by atoms with E-state index in [1.165, 1.54) is 40.8 Å². The second-order valence-corrected chi connectivity index (χ2v) is 5.00. The highest BCUT2D eigenvalue weighted by atomic mass is 14.9. The van der Waals surface area contributed by atoms with Gasteiger partial charge in [0, 0.05) is 12.2 Å².